The second-order valence-electron chi connectivity index (χ2n) is 7.73. The van der Waals surface area contributed by atoms with E-state index in [4.69, 9.17) is 9.72 Å². The molecule has 2 aromatic carbocycles. The van der Waals surface area contributed by atoms with E-state index < -0.39 is 0 Å². The van der Waals surface area contributed by atoms with Gasteiger partial charge in [-0.25, -0.2) is 4.98 Å². The summed E-state index contributed by atoms with van der Waals surface area (Å²) in [6.07, 6.45) is 1.97. The Morgan fingerprint density at radius 2 is 2.11 bits per heavy atom. The van der Waals surface area contributed by atoms with E-state index in [9.17, 15) is 4.79 Å². The molecule has 0 aliphatic carbocycles. The van der Waals surface area contributed by atoms with Gasteiger partial charge in [0, 0.05) is 6.54 Å². The number of carbonyl (C=O) groups excluding carboxylic acids is 1. The van der Waals surface area contributed by atoms with Gasteiger partial charge in [0.2, 0.25) is 0 Å². The molecular formula is C23H26N2O2S. The highest BCUT2D eigenvalue weighted by Gasteiger charge is 2.32. The predicted molar refractivity (Wildman–Crippen MR) is 114 cm³/mol. The third kappa shape index (κ3) is 3.76. The Morgan fingerprint density at radius 3 is 2.86 bits per heavy atom. The molecule has 0 bridgehead atoms. The maximum absolute atomic E-state index is 12.9. The second kappa shape index (κ2) is 7.92. The van der Waals surface area contributed by atoms with Gasteiger partial charge in [-0.05, 0) is 61.1 Å². The molecule has 146 valence electrons. The van der Waals surface area contributed by atoms with E-state index in [0.29, 0.717) is 5.92 Å². The zero-order valence-electron chi connectivity index (χ0n) is 16.6. The molecule has 0 spiro atoms. The molecular weight excluding hydrogens is 368 g/mol. The third-order valence-electron chi connectivity index (χ3n) is 5.39. The Morgan fingerprint density at radius 1 is 1.29 bits per heavy atom. The van der Waals surface area contributed by atoms with Crippen LogP contribution < -0.4 is 4.74 Å². The third-order valence-corrected chi connectivity index (χ3v) is 6.53. The summed E-state index contributed by atoms with van der Waals surface area (Å²) >= 11 is 1.69. The average Bonchev–Trinajstić information content (AvgIpc) is 3.32. The number of thiazole rings is 1. The maximum Gasteiger partial charge on any atom is 0.261 e. The minimum atomic E-state index is 0.0346. The van der Waals surface area contributed by atoms with Crippen LogP contribution in [0.4, 0.5) is 0 Å². The molecule has 1 unspecified atom stereocenters. The van der Waals surface area contributed by atoms with Crippen molar-refractivity contribution in [2.45, 2.75) is 45.6 Å². The van der Waals surface area contributed by atoms with Gasteiger partial charge in [0.05, 0.1) is 16.3 Å². The molecule has 4 rings (SSSR count). The lowest BCUT2D eigenvalue weighted by molar-refractivity contribution is -0.134. The lowest BCUT2D eigenvalue weighted by atomic mass is 9.98. The van der Waals surface area contributed by atoms with Crippen LogP contribution in [-0.4, -0.2) is 28.9 Å². The van der Waals surface area contributed by atoms with Gasteiger partial charge in [-0.1, -0.05) is 32.0 Å². The summed E-state index contributed by atoms with van der Waals surface area (Å²) in [7, 11) is 0. The molecule has 0 N–H and O–H groups in total. The van der Waals surface area contributed by atoms with Crippen molar-refractivity contribution >= 4 is 27.5 Å². The number of rotatable bonds is 5. The van der Waals surface area contributed by atoms with Crippen LogP contribution in [-0.2, 0) is 4.79 Å². The fourth-order valence-corrected chi connectivity index (χ4v) is 5.08. The van der Waals surface area contributed by atoms with Crippen LogP contribution in [0.25, 0.3) is 10.2 Å². The standard InChI is InChI=1S/C23H26N2O2S/c1-15(2)18-11-10-17(13-16(18)3)27-14-22(26)25-12-6-8-20(25)23-24-19-7-4-5-9-21(19)28-23/h4-5,7,9-11,13,15,20H,6,8,12,14H2,1-3H3. The normalized spacial score (nSPS) is 16.9. The first kappa shape index (κ1) is 18.9. The molecule has 1 saturated heterocycles. The van der Waals surface area contributed by atoms with Crippen LogP contribution in [0.15, 0.2) is 42.5 Å². The Kier molecular flexibility index (Phi) is 5.36. The number of likely N-dealkylation sites (tertiary alicyclic amines) is 1. The molecule has 2 heterocycles. The van der Waals surface area contributed by atoms with Crippen LogP contribution >= 0.6 is 11.3 Å². The summed E-state index contributed by atoms with van der Waals surface area (Å²) in [4.78, 5) is 19.6. The van der Waals surface area contributed by atoms with Crippen molar-refractivity contribution in [1.29, 1.82) is 0 Å². The van der Waals surface area contributed by atoms with Gasteiger partial charge in [-0.3, -0.25) is 4.79 Å². The highest BCUT2D eigenvalue weighted by molar-refractivity contribution is 7.18. The predicted octanol–water partition coefficient (Wildman–Crippen LogP) is 5.47. The molecule has 0 saturated carbocycles. The number of aryl methyl sites for hydroxylation is 1. The van der Waals surface area contributed by atoms with Crippen molar-refractivity contribution in [2.75, 3.05) is 13.2 Å². The lowest BCUT2D eigenvalue weighted by Gasteiger charge is -2.23. The lowest BCUT2D eigenvalue weighted by Crippen LogP contribution is -2.34. The van der Waals surface area contributed by atoms with Crippen LogP contribution in [0.2, 0.25) is 0 Å². The molecule has 1 aromatic heterocycles. The second-order valence-corrected chi connectivity index (χ2v) is 8.79. The zero-order chi connectivity index (χ0) is 19.7. The van der Waals surface area contributed by atoms with E-state index in [1.165, 1.54) is 15.8 Å². The molecule has 0 radical (unpaired) electrons. The first-order chi connectivity index (χ1) is 13.5. The average molecular weight is 395 g/mol. The number of nitrogens with zero attached hydrogens (tertiary/aromatic N) is 2. The van der Waals surface area contributed by atoms with Crippen LogP contribution in [0, 0.1) is 6.92 Å². The number of ether oxygens (including phenoxy) is 1. The van der Waals surface area contributed by atoms with Gasteiger partial charge in [0.25, 0.3) is 5.91 Å². The Balaban J connectivity index is 1.44. The highest BCUT2D eigenvalue weighted by Crippen LogP contribution is 2.36. The van der Waals surface area contributed by atoms with E-state index in [0.717, 1.165) is 35.7 Å². The van der Waals surface area contributed by atoms with Gasteiger partial charge in [0.15, 0.2) is 6.61 Å². The Labute approximate surface area is 170 Å². The summed E-state index contributed by atoms with van der Waals surface area (Å²) in [6.45, 7) is 7.30. The van der Waals surface area contributed by atoms with Crippen molar-refractivity contribution in [1.82, 2.24) is 9.88 Å². The number of fused-ring (bicyclic) bond motifs is 1. The van der Waals surface area contributed by atoms with Crippen molar-refractivity contribution < 1.29 is 9.53 Å². The number of para-hydroxylation sites is 1. The fourth-order valence-electron chi connectivity index (χ4n) is 3.97. The largest absolute Gasteiger partial charge is 0.484 e. The van der Waals surface area contributed by atoms with E-state index in [-0.39, 0.29) is 18.6 Å². The van der Waals surface area contributed by atoms with Gasteiger partial charge < -0.3 is 9.64 Å². The molecule has 3 aromatic rings. The zero-order valence-corrected chi connectivity index (χ0v) is 17.5. The van der Waals surface area contributed by atoms with Crippen molar-refractivity contribution in [3.05, 3.63) is 58.6 Å². The number of hydrogen-bond donors (Lipinski definition) is 0. The smallest absolute Gasteiger partial charge is 0.261 e. The van der Waals surface area contributed by atoms with Crippen LogP contribution in [0.3, 0.4) is 0 Å². The van der Waals surface area contributed by atoms with Gasteiger partial charge >= 0.3 is 0 Å². The molecule has 5 heteroatoms. The van der Waals surface area contributed by atoms with Crippen molar-refractivity contribution in [2.24, 2.45) is 0 Å². The Hall–Kier alpha value is -2.40. The molecule has 28 heavy (non-hydrogen) atoms. The quantitative estimate of drug-likeness (QED) is 0.576. The van der Waals surface area contributed by atoms with E-state index in [1.54, 1.807) is 11.3 Å². The number of benzene rings is 2. The van der Waals surface area contributed by atoms with Gasteiger partial charge in [-0.15, -0.1) is 11.3 Å². The number of amides is 1. The highest BCUT2D eigenvalue weighted by atomic mass is 32.1. The number of aromatic nitrogens is 1. The summed E-state index contributed by atoms with van der Waals surface area (Å²) in [5.41, 5.74) is 3.53. The van der Waals surface area contributed by atoms with Gasteiger partial charge in [0.1, 0.15) is 10.8 Å². The fraction of sp³-hybridized carbons (Fsp3) is 0.391. The topological polar surface area (TPSA) is 42.4 Å². The van der Waals surface area contributed by atoms with Crippen molar-refractivity contribution in [3.63, 3.8) is 0 Å². The van der Waals surface area contributed by atoms with Gasteiger partial charge in [-0.2, -0.15) is 0 Å². The first-order valence-corrected chi connectivity index (χ1v) is 10.7. The minimum Gasteiger partial charge on any atom is -0.484 e. The van der Waals surface area contributed by atoms with E-state index >= 15 is 0 Å². The SMILES string of the molecule is Cc1cc(OCC(=O)N2CCCC2c2nc3ccccc3s2)ccc1C(C)C. The molecule has 1 aliphatic rings. The Bertz CT molecular complexity index is 962. The van der Waals surface area contributed by atoms with Crippen LogP contribution in [0.1, 0.15) is 54.8 Å². The maximum atomic E-state index is 12.9. The van der Waals surface area contributed by atoms with E-state index in [2.05, 4.69) is 32.9 Å². The summed E-state index contributed by atoms with van der Waals surface area (Å²) in [6, 6.07) is 14.3. The first-order valence-electron chi connectivity index (χ1n) is 9.91. The summed E-state index contributed by atoms with van der Waals surface area (Å²) < 4.78 is 7.01. The summed E-state index contributed by atoms with van der Waals surface area (Å²) in [5, 5.41) is 1.03. The number of carbonyl (C=O) groups is 1. The molecule has 1 amide bonds. The monoisotopic (exact) mass is 394 g/mol. The van der Waals surface area contributed by atoms with Crippen molar-refractivity contribution in [3.8, 4) is 5.75 Å². The minimum absolute atomic E-state index is 0.0346. The molecule has 1 aliphatic heterocycles. The van der Waals surface area contributed by atoms with E-state index in [1.807, 2.05) is 35.2 Å². The molecule has 1 atom stereocenters. The molecule has 4 nitrogen and oxygen atoms in total. The molecule has 1 fully saturated rings. The number of hydrogen-bond acceptors (Lipinski definition) is 4. The van der Waals surface area contributed by atoms with Crippen LogP contribution in [0.5, 0.6) is 5.75 Å². The summed E-state index contributed by atoms with van der Waals surface area (Å²) in [5.74, 6) is 1.27.